The van der Waals surface area contributed by atoms with Crippen molar-refractivity contribution in [2.24, 2.45) is 0 Å². The summed E-state index contributed by atoms with van der Waals surface area (Å²) in [6.07, 6.45) is 0. The molecule has 0 saturated heterocycles. The van der Waals surface area contributed by atoms with Gasteiger partial charge in [0.05, 0.1) is 0 Å². The van der Waals surface area contributed by atoms with Gasteiger partial charge >= 0.3 is 0 Å². The third-order valence-corrected chi connectivity index (χ3v) is 7.22. The molecule has 0 amide bonds. The van der Waals surface area contributed by atoms with Gasteiger partial charge in [0, 0.05) is 0 Å². The van der Waals surface area contributed by atoms with Crippen LogP contribution in [-0.4, -0.2) is 0 Å². The minimum absolute atomic E-state index is 1.30. The van der Waals surface area contributed by atoms with Gasteiger partial charge in [-0.15, -0.1) is 0 Å². The van der Waals surface area contributed by atoms with Crippen LogP contribution in [0.3, 0.4) is 0 Å². The molecule has 0 nitrogen and oxygen atoms in total. The molecule has 0 fully saturated rings. The van der Waals surface area contributed by atoms with Crippen LogP contribution in [0, 0.1) is 0 Å². The van der Waals surface area contributed by atoms with Crippen molar-refractivity contribution in [2.75, 3.05) is 0 Å². The predicted molar refractivity (Wildman–Crippen MR) is 158 cm³/mol. The Bertz CT molecular complexity index is 1940. The lowest BCUT2D eigenvalue weighted by atomic mass is 9.95. The van der Waals surface area contributed by atoms with E-state index in [-0.39, 0.29) is 0 Å². The summed E-state index contributed by atoms with van der Waals surface area (Å²) >= 11 is 0. The molecule has 36 heavy (non-hydrogen) atoms. The predicted octanol–water partition coefficient (Wildman–Crippen LogP) is 10.3. The van der Waals surface area contributed by atoms with Crippen LogP contribution in [0.4, 0.5) is 0 Å². The van der Waals surface area contributed by atoms with Crippen molar-refractivity contribution in [3.63, 3.8) is 0 Å². The second kappa shape index (κ2) is 8.52. The lowest BCUT2D eigenvalue weighted by Crippen LogP contribution is -1.81. The van der Waals surface area contributed by atoms with Crippen LogP contribution in [0.15, 0.2) is 146 Å². The Morgan fingerprint density at radius 2 is 0.556 bits per heavy atom. The molecule has 0 unspecified atom stereocenters. The zero-order valence-corrected chi connectivity index (χ0v) is 19.9. The lowest BCUT2D eigenvalue weighted by molar-refractivity contribution is 1.76. The smallest absolute Gasteiger partial charge is 0.00987 e. The van der Waals surface area contributed by atoms with Gasteiger partial charge in [0.15, 0.2) is 0 Å². The largest absolute Gasteiger partial charge is 0.0616 e. The number of rotatable bonds is 0. The van der Waals surface area contributed by atoms with Crippen LogP contribution in [0.5, 0.6) is 0 Å². The molecule has 168 valence electrons. The molecule has 0 aliphatic rings. The van der Waals surface area contributed by atoms with Crippen molar-refractivity contribution in [1.29, 1.82) is 0 Å². The van der Waals surface area contributed by atoms with Gasteiger partial charge in [0.25, 0.3) is 0 Å². The quantitative estimate of drug-likeness (QED) is 0.157. The SMILES string of the molecule is c1ccc2cc3c(ccc4c5ccccc5ccc34)cc2c1.c1ccc2cc3ccccc3cc2c1. The fraction of sp³-hybridized carbons (Fsp3) is 0. The maximum absolute atomic E-state index is 2.32. The van der Waals surface area contributed by atoms with Crippen LogP contribution in [0.2, 0.25) is 0 Å². The first-order valence-electron chi connectivity index (χ1n) is 12.4. The number of benzene rings is 8. The van der Waals surface area contributed by atoms with Crippen LogP contribution in [0.25, 0.3) is 64.6 Å². The Morgan fingerprint density at radius 1 is 0.194 bits per heavy atom. The Hall–Kier alpha value is -4.68. The second-order valence-electron chi connectivity index (χ2n) is 9.41. The standard InChI is InChI=1S/C22H14.C14H10/c1-2-7-17-14-22-18(13-16(17)6-1)10-12-20-19-8-4-3-5-15(19)9-11-21(20)22;1-2-6-12-10-14-8-4-3-7-13(14)9-11(12)5-1/h1-14H;1-10H. The van der Waals surface area contributed by atoms with E-state index in [9.17, 15) is 0 Å². The highest BCUT2D eigenvalue weighted by Crippen LogP contribution is 2.33. The van der Waals surface area contributed by atoms with E-state index in [1.807, 2.05) is 0 Å². The summed E-state index contributed by atoms with van der Waals surface area (Å²) in [5.74, 6) is 0. The highest BCUT2D eigenvalue weighted by molar-refractivity contribution is 6.19. The molecule has 0 heterocycles. The molecule has 0 spiro atoms. The molecule has 8 aromatic rings. The van der Waals surface area contributed by atoms with Gasteiger partial charge < -0.3 is 0 Å². The van der Waals surface area contributed by atoms with Crippen molar-refractivity contribution >= 4 is 64.6 Å². The van der Waals surface area contributed by atoms with Gasteiger partial charge in [0.1, 0.15) is 0 Å². The minimum Gasteiger partial charge on any atom is -0.0616 e. The molecule has 8 aromatic carbocycles. The van der Waals surface area contributed by atoms with Gasteiger partial charge in [-0.1, -0.05) is 121 Å². The van der Waals surface area contributed by atoms with Crippen molar-refractivity contribution < 1.29 is 0 Å². The zero-order chi connectivity index (χ0) is 23.9. The molecule has 8 rings (SSSR count). The minimum atomic E-state index is 1.30. The summed E-state index contributed by atoms with van der Waals surface area (Å²) in [5, 5.41) is 15.8. The van der Waals surface area contributed by atoms with E-state index < -0.39 is 0 Å². The Balaban J connectivity index is 0.000000136. The Labute approximate surface area is 210 Å². The van der Waals surface area contributed by atoms with Crippen LogP contribution < -0.4 is 0 Å². The van der Waals surface area contributed by atoms with Gasteiger partial charge in [-0.2, -0.15) is 0 Å². The average Bonchev–Trinajstić information content (AvgIpc) is 2.95. The van der Waals surface area contributed by atoms with Crippen LogP contribution >= 0.6 is 0 Å². The van der Waals surface area contributed by atoms with Crippen molar-refractivity contribution in [2.45, 2.75) is 0 Å². The number of hydrogen-bond donors (Lipinski definition) is 0. The highest BCUT2D eigenvalue weighted by atomic mass is 14.1. The Morgan fingerprint density at radius 3 is 1.08 bits per heavy atom. The van der Waals surface area contributed by atoms with Crippen LogP contribution in [0.1, 0.15) is 0 Å². The summed E-state index contributed by atoms with van der Waals surface area (Å²) in [7, 11) is 0. The molecule has 0 atom stereocenters. The van der Waals surface area contributed by atoms with E-state index in [1.54, 1.807) is 0 Å². The van der Waals surface area contributed by atoms with Gasteiger partial charge in [0.2, 0.25) is 0 Å². The van der Waals surface area contributed by atoms with Crippen molar-refractivity contribution in [3.8, 4) is 0 Å². The van der Waals surface area contributed by atoms with Crippen molar-refractivity contribution in [1.82, 2.24) is 0 Å². The van der Waals surface area contributed by atoms with E-state index in [0.29, 0.717) is 0 Å². The third kappa shape index (κ3) is 3.56. The maximum Gasteiger partial charge on any atom is -0.00987 e. The zero-order valence-electron chi connectivity index (χ0n) is 19.9. The fourth-order valence-electron chi connectivity index (χ4n) is 5.39. The van der Waals surface area contributed by atoms with Gasteiger partial charge in [-0.05, 0) is 88.9 Å². The van der Waals surface area contributed by atoms with E-state index in [1.165, 1.54) is 64.6 Å². The molecule has 0 aliphatic heterocycles. The molecule has 0 N–H and O–H groups in total. The van der Waals surface area contributed by atoms with E-state index in [2.05, 4.69) is 146 Å². The first-order chi connectivity index (χ1) is 17.8. The molecule has 0 heteroatoms. The first kappa shape index (κ1) is 20.7. The summed E-state index contributed by atoms with van der Waals surface area (Å²) in [5.41, 5.74) is 0. The Kier molecular flexibility index (Phi) is 4.89. The van der Waals surface area contributed by atoms with E-state index in [0.717, 1.165) is 0 Å². The monoisotopic (exact) mass is 456 g/mol. The van der Waals surface area contributed by atoms with Crippen LogP contribution in [-0.2, 0) is 0 Å². The third-order valence-electron chi connectivity index (χ3n) is 7.22. The topological polar surface area (TPSA) is 0 Å². The lowest BCUT2D eigenvalue weighted by Gasteiger charge is -2.09. The molecular formula is C36H24. The average molecular weight is 457 g/mol. The summed E-state index contributed by atoms with van der Waals surface area (Å²) in [4.78, 5) is 0. The fourth-order valence-corrected chi connectivity index (χ4v) is 5.39. The molecule has 0 saturated carbocycles. The number of fused-ring (bicyclic) bond motifs is 8. The molecule has 0 radical (unpaired) electrons. The summed E-state index contributed by atoms with van der Waals surface area (Å²) in [6, 6.07) is 52.2. The van der Waals surface area contributed by atoms with E-state index in [4.69, 9.17) is 0 Å². The van der Waals surface area contributed by atoms with E-state index >= 15 is 0 Å². The van der Waals surface area contributed by atoms with Crippen molar-refractivity contribution in [3.05, 3.63) is 146 Å². The molecule has 0 bridgehead atoms. The number of hydrogen-bond acceptors (Lipinski definition) is 0. The second-order valence-corrected chi connectivity index (χ2v) is 9.41. The van der Waals surface area contributed by atoms with Gasteiger partial charge in [-0.3, -0.25) is 0 Å². The normalized spacial score (nSPS) is 11.3. The summed E-state index contributed by atoms with van der Waals surface area (Å²) in [6.45, 7) is 0. The highest BCUT2D eigenvalue weighted by Gasteiger charge is 2.05. The molecule has 0 aliphatic carbocycles. The van der Waals surface area contributed by atoms with Gasteiger partial charge in [-0.25, -0.2) is 0 Å². The first-order valence-corrected chi connectivity index (χ1v) is 12.4. The molecular weight excluding hydrogens is 432 g/mol. The molecule has 0 aromatic heterocycles. The maximum atomic E-state index is 2.32. The summed E-state index contributed by atoms with van der Waals surface area (Å²) < 4.78 is 0.